The third kappa shape index (κ3) is 67.8. The SMILES string of the molecule is C1=Nc2ccccc2C1.CCC(=O)O.CCC(=O)O.CCC(=O)O.CCOC(OCC)OCC.Cc1ccccc1N.Cc1ccccc1[N+](=O)[O-].ClC(Cl)(Cl)Cl.N#Cc1cc(CC(=O)O)ccc1F.NC1=NCc2ccc(CC(=O)O)cc21.O=C(O)Cc1ccc2c(c1)C=CC2.O=C(O)Cc1ccc2c(c1)CCC2.[B]=NS.[I][V]([I])[I].[I][V][I]. The number of aliphatic imine (C=N–C) groups is 2. The zero-order valence-corrected chi connectivity index (χ0v) is 84.1. The van der Waals surface area contributed by atoms with Gasteiger partial charge in [-0.3, -0.25) is 53.7 Å². The van der Waals surface area contributed by atoms with Crippen molar-refractivity contribution in [2.45, 2.75) is 149 Å². The summed E-state index contributed by atoms with van der Waals surface area (Å²) in [6.45, 7) is 16.2. The van der Waals surface area contributed by atoms with Crippen molar-refractivity contribution >= 4 is 244 Å². The molecule has 40 heteroatoms. The number of aryl methyl sites for hydroxylation is 4. The molecule has 2 aliphatic heterocycles. The van der Waals surface area contributed by atoms with Crippen LogP contribution in [0.2, 0.25) is 0 Å². The van der Waals surface area contributed by atoms with Crippen LogP contribution in [-0.4, -0.2) is 132 Å². The molecule has 7 aromatic carbocycles. The van der Waals surface area contributed by atoms with Gasteiger partial charge in [-0.05, 0) is 152 Å². The Morgan fingerprint density at radius 3 is 1.41 bits per heavy atom. The summed E-state index contributed by atoms with van der Waals surface area (Å²) in [7, 11) is 4.96. The minimum atomic E-state index is -1.61. The van der Waals surface area contributed by atoms with Crippen molar-refractivity contribution in [1.82, 2.24) is 0 Å². The summed E-state index contributed by atoms with van der Waals surface area (Å²) in [4.78, 5) is 87.6. The molecule has 0 spiro atoms. The number of thiol groups is 1. The number of rotatable bonds is 18. The topological polar surface area (TPSA) is 445 Å². The summed E-state index contributed by atoms with van der Waals surface area (Å²) in [5.74, 6) is -5.72. The van der Waals surface area contributed by atoms with E-state index in [2.05, 4.69) is 153 Å². The Morgan fingerprint density at radius 1 is 0.617 bits per heavy atom. The van der Waals surface area contributed by atoms with Crippen LogP contribution in [-0.2, 0) is 120 Å². The van der Waals surface area contributed by atoms with Gasteiger partial charge in [0.1, 0.15) is 17.7 Å². The Balaban J connectivity index is -0.000000614. The number of halogens is 10. The standard InChI is InChI=1S/C11H12O2.C11H10O2.C10H10N2O2.C9H6FNO2.C8H7N.C7H7NO2.C7H9N.C7H16O3.3C3H6O2.CCl4.BHNS.5HI.2V/c2*12-11(13)7-8-4-5-9-2-1-3-10(9)6-8;11-10-8-3-6(4-9(13)14)1-2-7(8)5-12-10;10-8-2-1-6(4-9(12)13)3-7(8)5-11;1-2-4-8-7(3-1)5-6-9-8;1-6-4-2-3-5-7(6)8(9)10;1-6-4-2-3-5-7(6)8;1-4-8-7(9-5-2)10-6-3;3*1-2-3(4)5;2-1(3,4)5;1-2-3;;;;;;;/h4-6H,1-3,7H2,(H,12,13);1,3-6H,2,7H2,(H,12,13);1-3H,4-5H2,(H2,11,12)(H,13,14);1-3H,4H2,(H,12,13);1-4,6H,5H2;2-5H,1H3;2-5H,8H2,1H3;7H,4-6H2,1-3H3;3*2H2,1H3,(H,4,5);;3H;5*1H;;/q;;;;;;;;;;;;;;;;;;+2;+3/p-5. The third-order valence-electron chi connectivity index (χ3n) is 14.3. The van der Waals surface area contributed by atoms with E-state index >= 15 is 0 Å². The molecule has 0 amide bonds. The molecule has 0 aromatic heterocycles. The number of aliphatic carboxylic acids is 7. The van der Waals surface area contributed by atoms with E-state index in [0.717, 1.165) is 76.5 Å². The van der Waals surface area contributed by atoms with Crippen LogP contribution in [0.3, 0.4) is 0 Å². The number of hydrogen-bond acceptors (Lipinski definition) is 19. The van der Waals surface area contributed by atoms with E-state index in [9.17, 15) is 48.1 Å². The molecule has 11 N–H and O–H groups in total. The van der Waals surface area contributed by atoms with Crippen molar-refractivity contribution in [3.05, 3.63) is 245 Å². The van der Waals surface area contributed by atoms with Gasteiger partial charge in [0, 0.05) is 74.6 Å². The van der Waals surface area contributed by atoms with Crippen LogP contribution in [0.15, 0.2) is 166 Å². The van der Waals surface area contributed by atoms with E-state index in [1.807, 2.05) is 119 Å². The number of nitrogens with zero attached hydrogens (tertiary/aromatic N) is 5. The normalized spacial score (nSPS) is 10.8. The van der Waals surface area contributed by atoms with E-state index < -0.39 is 57.3 Å². The molecule has 2 aliphatic carbocycles. The van der Waals surface area contributed by atoms with Crippen molar-refractivity contribution in [3.8, 4) is 6.07 Å². The Labute approximate surface area is 792 Å². The molecule has 654 valence electrons. The molecule has 0 fully saturated rings. The van der Waals surface area contributed by atoms with Crippen molar-refractivity contribution in [2.75, 3.05) is 25.6 Å². The summed E-state index contributed by atoms with van der Waals surface area (Å²) in [6.07, 6.45) is 12.3. The molecule has 0 saturated carbocycles. The molecule has 11 rings (SSSR count). The van der Waals surface area contributed by atoms with Gasteiger partial charge in [0.25, 0.3) is 15.4 Å². The molecule has 0 bridgehead atoms. The van der Waals surface area contributed by atoms with Crippen LogP contribution in [0.25, 0.3) is 6.08 Å². The van der Waals surface area contributed by atoms with E-state index in [-0.39, 0.29) is 66.0 Å². The number of nitro groups is 1. The van der Waals surface area contributed by atoms with Crippen LogP contribution in [0.5, 0.6) is 0 Å². The molecule has 0 saturated heterocycles. The van der Waals surface area contributed by atoms with E-state index in [1.54, 1.807) is 64.1 Å². The van der Waals surface area contributed by atoms with Gasteiger partial charge in [-0.25, -0.2) is 4.39 Å². The number of carbonyl (C=O) groups is 7. The number of fused-ring (bicyclic) bond motifs is 4. The first-order valence-corrected chi connectivity index (χ1v) is 59.9. The fraction of sp³-hybridized carbons (Fsp3) is 0.325. The molecule has 26 nitrogen and oxygen atoms in total. The number of ether oxygens (including phenoxy) is 3. The van der Waals surface area contributed by atoms with Crippen LogP contribution in [0.1, 0.15) is 145 Å². The van der Waals surface area contributed by atoms with Crippen molar-refractivity contribution in [1.29, 1.82) is 5.26 Å². The van der Waals surface area contributed by atoms with Crippen LogP contribution in [0, 0.1) is 41.1 Å². The molecular formula is C80H96BCl4FI5N7O19SV2. The summed E-state index contributed by atoms with van der Waals surface area (Å²) >= 11 is 34.6. The zero-order chi connectivity index (χ0) is 92.3. The van der Waals surface area contributed by atoms with Gasteiger partial charge in [-0.15, -0.1) is 0 Å². The number of benzene rings is 7. The number of allylic oxidation sites excluding steroid dienone is 1. The number of carboxylic acid groups (broad SMARTS) is 7. The van der Waals surface area contributed by atoms with Gasteiger partial charge in [0.15, 0.2) is 0 Å². The Morgan fingerprint density at radius 2 is 1.01 bits per heavy atom. The number of alkyl halides is 4. The fourth-order valence-electron chi connectivity index (χ4n) is 8.93. The molecule has 7 aromatic rings. The number of nitriles is 1. The Kier molecular flexibility index (Phi) is 75.2. The van der Waals surface area contributed by atoms with Crippen LogP contribution >= 0.6 is 159 Å². The number of carboxylic acids is 7. The van der Waals surface area contributed by atoms with Gasteiger partial charge >= 0.3 is 181 Å². The Bertz CT molecular complexity index is 4310. The fourth-order valence-corrected chi connectivity index (χ4v) is 8.93. The predicted molar refractivity (Wildman–Crippen MR) is 513 cm³/mol. The second-order valence-electron chi connectivity index (χ2n) is 23.2. The first kappa shape index (κ1) is 121. The summed E-state index contributed by atoms with van der Waals surface area (Å²) in [6, 6.07) is 45.4. The quantitative estimate of drug-likeness (QED) is 0.00557. The first-order chi connectivity index (χ1) is 56.5. The maximum absolute atomic E-state index is 12.7. The minimum absolute atomic E-state index is 0.0283. The average Bonchev–Trinajstić information content (AvgIpc) is 1.66. The average molecular weight is 2400 g/mol. The number of para-hydroxylation sites is 3. The molecule has 120 heavy (non-hydrogen) atoms. The summed E-state index contributed by atoms with van der Waals surface area (Å²) in [5.41, 5.74) is 26.5. The summed E-state index contributed by atoms with van der Waals surface area (Å²) in [5, 5.41) is 76.1. The zero-order valence-electron chi connectivity index (χ0n) is 66.6. The number of amidine groups is 1. The Hall–Kier alpha value is -5.60. The maximum atomic E-state index is 12.7. The number of anilines is 1. The molecule has 4 aliphatic rings. The van der Waals surface area contributed by atoms with Gasteiger partial charge in [0.05, 0.1) is 48.4 Å². The van der Waals surface area contributed by atoms with Gasteiger partial charge in [-0.2, -0.15) is 5.26 Å². The second-order valence-corrected chi connectivity index (χ2v) is 74.1. The van der Waals surface area contributed by atoms with Gasteiger partial charge in [0.2, 0.25) is 0 Å². The first-order valence-electron chi connectivity index (χ1n) is 35.5. The number of nitrogens with two attached hydrogens (primary N) is 2. The van der Waals surface area contributed by atoms with E-state index in [0.29, 0.717) is 52.8 Å². The number of hydrogen-bond donors (Lipinski definition) is 10. The third-order valence-corrected chi connectivity index (χ3v) is 14.3. The van der Waals surface area contributed by atoms with Crippen LogP contribution in [0.4, 0.5) is 21.5 Å². The van der Waals surface area contributed by atoms with Crippen LogP contribution < -0.4 is 11.5 Å². The number of nitro benzene ring substituents is 1. The molecule has 2 heterocycles. The van der Waals surface area contributed by atoms with Gasteiger partial charge in [-0.1, -0.05) is 189 Å². The van der Waals surface area contributed by atoms with Crippen molar-refractivity contribution in [3.63, 3.8) is 0 Å². The monoisotopic (exact) mass is 2400 g/mol. The molecule has 1 radical (unpaired) electrons. The summed E-state index contributed by atoms with van der Waals surface area (Å²) < 4.78 is 29.1. The van der Waals surface area contributed by atoms with E-state index in [4.69, 9.17) is 113 Å². The molecular weight excluding hydrogens is 2300 g/mol. The predicted octanol–water partition coefficient (Wildman–Crippen LogP) is 21.0. The molecule has 0 unspecified atom stereocenters. The molecule has 0 atom stereocenters. The van der Waals surface area contributed by atoms with Gasteiger partial charge < -0.3 is 61.4 Å². The van der Waals surface area contributed by atoms with Crippen molar-refractivity contribution < 1.29 is 107 Å². The van der Waals surface area contributed by atoms with E-state index in [1.165, 1.54) is 52.4 Å². The number of nitrogen functional groups attached to an aromatic ring is 1. The van der Waals surface area contributed by atoms with Crippen molar-refractivity contribution in [2.24, 2.45) is 20.0 Å². The second kappa shape index (κ2) is 74.8.